The molecule has 7 nitrogen and oxygen atoms in total. The van der Waals surface area contributed by atoms with E-state index in [0.717, 1.165) is 22.2 Å². The number of nitrogens with one attached hydrogen (secondary N) is 1. The Bertz CT molecular complexity index is 952. The fraction of sp³-hybridized carbons (Fsp3) is 0.300. The zero-order valence-corrected chi connectivity index (χ0v) is 16.0. The Labute approximate surface area is 158 Å². The van der Waals surface area contributed by atoms with Gasteiger partial charge < -0.3 is 19.7 Å². The highest BCUT2D eigenvalue weighted by atomic mass is 16.5. The molecule has 3 rings (SSSR count). The van der Waals surface area contributed by atoms with Gasteiger partial charge in [-0.15, -0.1) is 0 Å². The van der Waals surface area contributed by atoms with Crippen molar-refractivity contribution in [1.29, 1.82) is 0 Å². The number of amides is 2. The smallest absolute Gasteiger partial charge is 0.321 e. The van der Waals surface area contributed by atoms with E-state index >= 15 is 0 Å². The number of ether oxygens (including phenoxy) is 2. The molecule has 7 heteroatoms. The normalized spacial score (nSPS) is 10.7. The van der Waals surface area contributed by atoms with Crippen LogP contribution in [0.2, 0.25) is 0 Å². The SMILES string of the molecule is COc1ccc(CCN(C)C(=O)Nc2ccc3c(cnn3C)c2)cc1OC. The first-order chi connectivity index (χ1) is 13.0. The van der Waals surface area contributed by atoms with Gasteiger partial charge in [0, 0.05) is 31.7 Å². The number of fused-ring (bicyclic) bond motifs is 1. The molecule has 1 N–H and O–H groups in total. The van der Waals surface area contributed by atoms with Crippen molar-refractivity contribution in [3.05, 3.63) is 48.2 Å². The van der Waals surface area contributed by atoms with Crippen LogP contribution in [0.5, 0.6) is 11.5 Å². The lowest BCUT2D eigenvalue weighted by atomic mass is 10.1. The molecule has 2 aromatic carbocycles. The summed E-state index contributed by atoms with van der Waals surface area (Å²) in [7, 11) is 6.89. The first-order valence-corrected chi connectivity index (χ1v) is 8.66. The molecule has 1 heterocycles. The molecule has 0 saturated carbocycles. The van der Waals surface area contributed by atoms with Crippen molar-refractivity contribution in [3.8, 4) is 11.5 Å². The average molecular weight is 368 g/mol. The van der Waals surface area contributed by atoms with E-state index in [1.54, 1.807) is 37.0 Å². The summed E-state index contributed by atoms with van der Waals surface area (Å²) in [6.45, 7) is 0.580. The number of carbonyl (C=O) groups excluding carboxylic acids is 1. The van der Waals surface area contributed by atoms with E-state index in [4.69, 9.17) is 9.47 Å². The molecule has 0 aliphatic rings. The highest BCUT2D eigenvalue weighted by Crippen LogP contribution is 2.27. The summed E-state index contributed by atoms with van der Waals surface area (Å²) in [6, 6.07) is 11.4. The van der Waals surface area contributed by atoms with Crippen LogP contribution in [0, 0.1) is 0 Å². The van der Waals surface area contributed by atoms with Crippen LogP contribution in [-0.4, -0.2) is 48.5 Å². The predicted octanol–water partition coefficient (Wildman–Crippen LogP) is 3.30. The van der Waals surface area contributed by atoms with Crippen LogP contribution in [-0.2, 0) is 13.5 Å². The number of anilines is 1. The van der Waals surface area contributed by atoms with Crippen LogP contribution in [0.1, 0.15) is 5.56 Å². The molecule has 0 aliphatic heterocycles. The van der Waals surface area contributed by atoms with Gasteiger partial charge in [0.1, 0.15) is 0 Å². The summed E-state index contributed by atoms with van der Waals surface area (Å²) in [5.74, 6) is 1.38. The Balaban J connectivity index is 1.60. The Morgan fingerprint density at radius 1 is 1.15 bits per heavy atom. The van der Waals surface area contributed by atoms with Crippen molar-refractivity contribution >= 4 is 22.6 Å². The summed E-state index contributed by atoms with van der Waals surface area (Å²) < 4.78 is 12.4. The Kier molecular flexibility index (Phi) is 5.49. The molecule has 2 amide bonds. The van der Waals surface area contributed by atoms with E-state index in [0.29, 0.717) is 24.5 Å². The maximum atomic E-state index is 12.4. The van der Waals surface area contributed by atoms with Crippen LogP contribution in [0.15, 0.2) is 42.6 Å². The lowest BCUT2D eigenvalue weighted by Crippen LogP contribution is -2.32. The van der Waals surface area contributed by atoms with Gasteiger partial charge >= 0.3 is 6.03 Å². The summed E-state index contributed by atoms with van der Waals surface area (Å²) in [6.07, 6.45) is 2.50. The van der Waals surface area contributed by atoms with E-state index < -0.39 is 0 Å². The second-order valence-corrected chi connectivity index (χ2v) is 6.33. The number of nitrogens with zero attached hydrogens (tertiary/aromatic N) is 3. The van der Waals surface area contributed by atoms with Gasteiger partial charge in [0.15, 0.2) is 11.5 Å². The third kappa shape index (κ3) is 4.13. The minimum Gasteiger partial charge on any atom is -0.493 e. The van der Waals surface area contributed by atoms with Gasteiger partial charge in [0.05, 0.1) is 25.9 Å². The highest BCUT2D eigenvalue weighted by molar-refractivity contribution is 5.92. The lowest BCUT2D eigenvalue weighted by Gasteiger charge is -2.18. The summed E-state index contributed by atoms with van der Waals surface area (Å²) in [5.41, 5.74) is 2.84. The Morgan fingerprint density at radius 3 is 2.67 bits per heavy atom. The first-order valence-electron chi connectivity index (χ1n) is 8.66. The first kappa shape index (κ1) is 18.6. The number of benzene rings is 2. The van der Waals surface area contributed by atoms with Gasteiger partial charge in [-0.25, -0.2) is 4.79 Å². The largest absolute Gasteiger partial charge is 0.493 e. The monoisotopic (exact) mass is 368 g/mol. The van der Waals surface area contributed by atoms with E-state index in [-0.39, 0.29) is 6.03 Å². The molecule has 0 radical (unpaired) electrons. The summed E-state index contributed by atoms with van der Waals surface area (Å²) in [5, 5.41) is 8.13. The van der Waals surface area contributed by atoms with Crippen molar-refractivity contribution in [2.24, 2.45) is 7.05 Å². The van der Waals surface area contributed by atoms with Crippen molar-refractivity contribution in [1.82, 2.24) is 14.7 Å². The van der Waals surface area contributed by atoms with E-state index in [1.807, 2.05) is 43.4 Å². The number of rotatable bonds is 6. The van der Waals surface area contributed by atoms with Crippen molar-refractivity contribution in [3.63, 3.8) is 0 Å². The molecule has 27 heavy (non-hydrogen) atoms. The van der Waals surface area contributed by atoms with Crippen LogP contribution in [0.4, 0.5) is 10.5 Å². The molecule has 1 aromatic heterocycles. The quantitative estimate of drug-likeness (QED) is 0.725. The molecule has 0 atom stereocenters. The Morgan fingerprint density at radius 2 is 1.93 bits per heavy atom. The number of aromatic nitrogens is 2. The maximum absolute atomic E-state index is 12.4. The van der Waals surface area contributed by atoms with Crippen molar-refractivity contribution in [2.45, 2.75) is 6.42 Å². The van der Waals surface area contributed by atoms with Gasteiger partial charge in [0.25, 0.3) is 0 Å². The van der Waals surface area contributed by atoms with Gasteiger partial charge in [-0.3, -0.25) is 4.68 Å². The molecule has 0 bridgehead atoms. The second kappa shape index (κ2) is 7.99. The van der Waals surface area contributed by atoms with E-state index in [1.165, 1.54) is 0 Å². The molecular weight excluding hydrogens is 344 g/mol. The van der Waals surface area contributed by atoms with Crippen molar-refractivity contribution < 1.29 is 14.3 Å². The number of carbonyl (C=O) groups is 1. The highest BCUT2D eigenvalue weighted by Gasteiger charge is 2.11. The van der Waals surface area contributed by atoms with Crippen LogP contribution < -0.4 is 14.8 Å². The van der Waals surface area contributed by atoms with E-state index in [9.17, 15) is 4.79 Å². The number of methoxy groups -OCH3 is 2. The zero-order valence-electron chi connectivity index (χ0n) is 16.0. The third-order valence-electron chi connectivity index (χ3n) is 4.53. The second-order valence-electron chi connectivity index (χ2n) is 6.33. The van der Waals surface area contributed by atoms with E-state index in [2.05, 4.69) is 10.4 Å². The molecule has 142 valence electrons. The average Bonchev–Trinajstić information content (AvgIpc) is 3.05. The molecule has 0 spiro atoms. The van der Waals surface area contributed by atoms with Crippen molar-refractivity contribution in [2.75, 3.05) is 33.1 Å². The molecule has 3 aromatic rings. The predicted molar refractivity (Wildman–Crippen MR) is 106 cm³/mol. The van der Waals surface area contributed by atoms with Gasteiger partial charge in [-0.1, -0.05) is 6.07 Å². The van der Waals surface area contributed by atoms with Gasteiger partial charge in [0.2, 0.25) is 0 Å². The zero-order chi connectivity index (χ0) is 19.4. The third-order valence-corrected chi connectivity index (χ3v) is 4.53. The minimum atomic E-state index is -0.154. The topological polar surface area (TPSA) is 68.6 Å². The van der Waals surface area contributed by atoms with Gasteiger partial charge in [-0.2, -0.15) is 5.10 Å². The fourth-order valence-electron chi connectivity index (χ4n) is 2.89. The fourth-order valence-corrected chi connectivity index (χ4v) is 2.89. The molecular formula is C20H24N4O3. The number of hydrogen-bond acceptors (Lipinski definition) is 4. The maximum Gasteiger partial charge on any atom is 0.321 e. The molecule has 0 saturated heterocycles. The molecule has 0 unspecified atom stereocenters. The number of hydrogen-bond donors (Lipinski definition) is 1. The van der Waals surface area contributed by atoms with Gasteiger partial charge in [-0.05, 0) is 42.3 Å². The molecule has 0 fully saturated rings. The standard InChI is InChI=1S/C20H24N4O3/c1-23(10-9-14-5-8-18(26-3)19(11-14)27-4)20(25)22-16-6-7-17-15(12-16)13-21-24(17)2/h5-8,11-13H,9-10H2,1-4H3,(H,22,25). The minimum absolute atomic E-state index is 0.154. The summed E-state index contributed by atoms with van der Waals surface area (Å²) in [4.78, 5) is 14.1. The number of likely N-dealkylation sites (N-methyl/N-ethyl adjacent to an activating group) is 1. The van der Waals surface area contributed by atoms with Crippen LogP contribution in [0.25, 0.3) is 10.9 Å². The lowest BCUT2D eigenvalue weighted by molar-refractivity contribution is 0.223. The number of urea groups is 1. The number of aryl methyl sites for hydroxylation is 1. The summed E-state index contributed by atoms with van der Waals surface area (Å²) >= 11 is 0. The van der Waals surface area contributed by atoms with Crippen LogP contribution >= 0.6 is 0 Å². The molecule has 0 aliphatic carbocycles. The Hall–Kier alpha value is -3.22. The van der Waals surface area contributed by atoms with Crippen LogP contribution in [0.3, 0.4) is 0 Å².